The van der Waals surface area contributed by atoms with Crippen molar-refractivity contribution in [3.8, 4) is 5.75 Å². The third-order valence-corrected chi connectivity index (χ3v) is 5.35. The van der Waals surface area contributed by atoms with E-state index in [-0.39, 0.29) is 31.1 Å². The highest BCUT2D eigenvalue weighted by Crippen LogP contribution is 2.37. The number of alkyl carbamates (subject to hydrolysis) is 1. The van der Waals surface area contributed by atoms with Gasteiger partial charge in [0.15, 0.2) is 0 Å². The molecule has 1 aromatic heterocycles. The van der Waals surface area contributed by atoms with Crippen molar-refractivity contribution in [2.24, 2.45) is 0 Å². The van der Waals surface area contributed by atoms with Crippen molar-refractivity contribution in [3.05, 3.63) is 46.8 Å². The van der Waals surface area contributed by atoms with Crippen LogP contribution in [-0.2, 0) is 41.9 Å². The summed E-state index contributed by atoms with van der Waals surface area (Å²) in [5, 5.41) is 6.81. The summed E-state index contributed by atoms with van der Waals surface area (Å²) in [5.41, 5.74) is -0.422. The minimum atomic E-state index is -4.56. The summed E-state index contributed by atoms with van der Waals surface area (Å²) in [6, 6.07) is 7.02. The maximum atomic E-state index is 14.0. The van der Waals surface area contributed by atoms with Crippen molar-refractivity contribution >= 4 is 6.09 Å². The standard InChI is InChI=1S/C24H33F3N4O4/c1-16(28-22(32)35-23(2,3)4)14-34-15-19-21(24(25,26)27)20-13-30(10-11-31(20)29-19)12-17-6-8-18(33-5)9-7-17/h6-9,16H,10-15H2,1-5H3,(H,28,32)/t16-/m0/s1. The lowest BCUT2D eigenvalue weighted by Gasteiger charge is -2.28. The topological polar surface area (TPSA) is 77.9 Å². The summed E-state index contributed by atoms with van der Waals surface area (Å²) in [7, 11) is 1.58. The minimum Gasteiger partial charge on any atom is -0.497 e. The van der Waals surface area contributed by atoms with Gasteiger partial charge in [0.2, 0.25) is 0 Å². The van der Waals surface area contributed by atoms with Gasteiger partial charge in [-0.2, -0.15) is 18.3 Å². The van der Waals surface area contributed by atoms with Crippen LogP contribution in [0.15, 0.2) is 24.3 Å². The highest BCUT2D eigenvalue weighted by Gasteiger charge is 2.41. The zero-order valence-electron chi connectivity index (χ0n) is 20.7. The molecule has 1 aromatic carbocycles. The molecule has 35 heavy (non-hydrogen) atoms. The van der Waals surface area contributed by atoms with E-state index in [2.05, 4.69) is 10.4 Å². The zero-order valence-corrected chi connectivity index (χ0v) is 20.7. The number of benzene rings is 1. The van der Waals surface area contributed by atoms with Gasteiger partial charge < -0.3 is 19.5 Å². The van der Waals surface area contributed by atoms with Crippen LogP contribution in [0.25, 0.3) is 0 Å². The minimum absolute atomic E-state index is 0.0162. The normalized spacial score (nSPS) is 15.4. The summed E-state index contributed by atoms with van der Waals surface area (Å²) < 4.78 is 59.3. The summed E-state index contributed by atoms with van der Waals surface area (Å²) in [6.45, 7) is 8.19. The zero-order chi connectivity index (χ0) is 25.8. The Morgan fingerprint density at radius 1 is 1.17 bits per heavy atom. The highest BCUT2D eigenvalue weighted by molar-refractivity contribution is 5.68. The lowest BCUT2D eigenvalue weighted by atomic mass is 10.1. The fraction of sp³-hybridized carbons (Fsp3) is 0.583. The summed E-state index contributed by atoms with van der Waals surface area (Å²) in [6.07, 6.45) is -5.17. The van der Waals surface area contributed by atoms with Gasteiger partial charge in [-0.25, -0.2) is 4.79 Å². The van der Waals surface area contributed by atoms with Gasteiger partial charge in [0.1, 0.15) is 22.6 Å². The Morgan fingerprint density at radius 2 is 1.86 bits per heavy atom. The number of fused-ring (bicyclic) bond motifs is 1. The molecule has 0 fully saturated rings. The molecule has 8 nitrogen and oxygen atoms in total. The molecule has 2 heterocycles. The fourth-order valence-electron chi connectivity index (χ4n) is 3.86. The van der Waals surface area contributed by atoms with Crippen molar-refractivity contribution in [1.29, 1.82) is 0 Å². The molecule has 0 spiro atoms. The Hall–Kier alpha value is -2.79. The Bertz CT molecular complexity index is 1000. The van der Waals surface area contributed by atoms with Crippen LogP contribution in [0.2, 0.25) is 0 Å². The van der Waals surface area contributed by atoms with Crippen LogP contribution in [0, 0.1) is 0 Å². The number of aromatic nitrogens is 2. The van der Waals surface area contributed by atoms with Crippen LogP contribution in [0.4, 0.5) is 18.0 Å². The molecule has 11 heteroatoms. The fourth-order valence-corrected chi connectivity index (χ4v) is 3.86. The molecule has 0 unspecified atom stereocenters. The molecular weight excluding hydrogens is 465 g/mol. The van der Waals surface area contributed by atoms with Gasteiger partial charge in [-0.15, -0.1) is 0 Å². The molecule has 0 saturated heterocycles. The van der Waals surface area contributed by atoms with Crippen LogP contribution in [-0.4, -0.2) is 52.7 Å². The van der Waals surface area contributed by atoms with E-state index in [1.807, 2.05) is 29.2 Å². The van der Waals surface area contributed by atoms with E-state index in [0.29, 0.717) is 19.6 Å². The predicted octanol–water partition coefficient (Wildman–Crippen LogP) is 4.36. The Labute approximate surface area is 203 Å². The van der Waals surface area contributed by atoms with E-state index in [9.17, 15) is 18.0 Å². The summed E-state index contributed by atoms with van der Waals surface area (Å²) in [4.78, 5) is 13.8. The number of amides is 1. The molecule has 1 aliphatic rings. The number of halogens is 3. The molecule has 1 atom stereocenters. The second kappa shape index (κ2) is 10.9. The number of hydrogen-bond donors (Lipinski definition) is 1. The molecule has 194 valence electrons. The van der Waals surface area contributed by atoms with Crippen LogP contribution in [0.3, 0.4) is 0 Å². The maximum Gasteiger partial charge on any atom is 0.420 e. The number of ether oxygens (including phenoxy) is 3. The SMILES string of the molecule is COc1ccc(CN2CCn3nc(COC[C@H](C)NC(=O)OC(C)(C)C)c(C(F)(F)F)c3C2)cc1. The first kappa shape index (κ1) is 26.8. The molecule has 0 saturated carbocycles. The van der Waals surface area contributed by atoms with Gasteiger partial charge in [-0.05, 0) is 45.4 Å². The Morgan fingerprint density at radius 3 is 2.46 bits per heavy atom. The molecule has 1 N–H and O–H groups in total. The number of carbonyl (C=O) groups excluding carboxylic acids is 1. The third-order valence-electron chi connectivity index (χ3n) is 5.35. The van der Waals surface area contributed by atoms with E-state index in [1.165, 1.54) is 4.68 Å². The average molecular weight is 499 g/mol. The van der Waals surface area contributed by atoms with E-state index in [0.717, 1.165) is 11.3 Å². The lowest BCUT2D eigenvalue weighted by Crippen LogP contribution is -2.39. The highest BCUT2D eigenvalue weighted by atomic mass is 19.4. The average Bonchev–Trinajstić information content (AvgIpc) is 3.10. The van der Waals surface area contributed by atoms with Gasteiger partial charge in [-0.1, -0.05) is 12.1 Å². The Kier molecular flexibility index (Phi) is 8.32. The van der Waals surface area contributed by atoms with Crippen molar-refractivity contribution in [1.82, 2.24) is 20.0 Å². The van der Waals surface area contributed by atoms with Gasteiger partial charge >= 0.3 is 12.3 Å². The van der Waals surface area contributed by atoms with E-state index >= 15 is 0 Å². The van der Waals surface area contributed by atoms with Crippen LogP contribution < -0.4 is 10.1 Å². The van der Waals surface area contributed by atoms with Gasteiger partial charge in [-0.3, -0.25) is 9.58 Å². The van der Waals surface area contributed by atoms with E-state index in [4.69, 9.17) is 14.2 Å². The second-order valence-electron chi connectivity index (χ2n) is 9.61. The molecule has 2 aromatic rings. The number of alkyl halides is 3. The lowest BCUT2D eigenvalue weighted by molar-refractivity contribution is -0.140. The van der Waals surface area contributed by atoms with Crippen molar-refractivity contribution in [3.63, 3.8) is 0 Å². The molecule has 1 amide bonds. The summed E-state index contributed by atoms with van der Waals surface area (Å²) in [5.74, 6) is 0.727. The number of nitrogens with zero attached hydrogens (tertiary/aromatic N) is 3. The summed E-state index contributed by atoms with van der Waals surface area (Å²) >= 11 is 0. The number of methoxy groups -OCH3 is 1. The van der Waals surface area contributed by atoms with E-state index in [1.54, 1.807) is 34.8 Å². The smallest absolute Gasteiger partial charge is 0.420 e. The first-order chi connectivity index (χ1) is 16.4. The molecule has 3 rings (SSSR count). The molecule has 0 aliphatic carbocycles. The van der Waals surface area contributed by atoms with Crippen molar-refractivity contribution in [2.45, 2.75) is 71.8 Å². The largest absolute Gasteiger partial charge is 0.497 e. The molecule has 0 bridgehead atoms. The number of nitrogens with one attached hydrogen (secondary N) is 1. The molecule has 0 radical (unpaired) electrons. The number of rotatable bonds is 8. The van der Waals surface area contributed by atoms with Crippen LogP contribution >= 0.6 is 0 Å². The maximum absolute atomic E-state index is 14.0. The number of hydrogen-bond acceptors (Lipinski definition) is 6. The first-order valence-electron chi connectivity index (χ1n) is 11.4. The van der Waals surface area contributed by atoms with Crippen molar-refractivity contribution < 1.29 is 32.2 Å². The quantitative estimate of drug-likeness (QED) is 0.583. The number of carbonyl (C=O) groups is 1. The first-order valence-corrected chi connectivity index (χ1v) is 11.4. The Balaban J connectivity index is 1.64. The molecule has 1 aliphatic heterocycles. The molecular formula is C24H33F3N4O4. The predicted molar refractivity (Wildman–Crippen MR) is 123 cm³/mol. The van der Waals surface area contributed by atoms with E-state index < -0.39 is 29.5 Å². The van der Waals surface area contributed by atoms with Crippen LogP contribution in [0.1, 0.15) is 50.2 Å². The second-order valence-corrected chi connectivity index (χ2v) is 9.61. The third kappa shape index (κ3) is 7.60. The van der Waals surface area contributed by atoms with Gasteiger partial charge in [0.25, 0.3) is 0 Å². The van der Waals surface area contributed by atoms with Crippen molar-refractivity contribution in [2.75, 3.05) is 20.3 Å². The van der Waals surface area contributed by atoms with Gasteiger partial charge in [0.05, 0.1) is 38.6 Å². The monoisotopic (exact) mass is 498 g/mol. The van der Waals surface area contributed by atoms with Gasteiger partial charge in [0, 0.05) is 19.6 Å². The van der Waals surface area contributed by atoms with Crippen LogP contribution in [0.5, 0.6) is 5.75 Å².